The molecule has 1 unspecified atom stereocenters. The van der Waals surface area contributed by atoms with Gasteiger partial charge in [0.05, 0.1) is 12.5 Å². The van der Waals surface area contributed by atoms with Crippen LogP contribution in [0.2, 0.25) is 5.02 Å². The van der Waals surface area contributed by atoms with E-state index < -0.39 is 0 Å². The number of unbranched alkanes of at least 4 members (excludes halogenated alkanes) is 2. The smallest absolute Gasteiger partial charge is 0.308 e. The molecule has 0 aliphatic rings. The molecule has 0 heterocycles. The fraction of sp³-hybridized carbons (Fsp3) is 0.562. The normalized spacial score (nSPS) is 12.2. The Kier molecular flexibility index (Phi) is 7.57. The molecular weight excluding hydrogens is 260 g/mol. The molecule has 2 nitrogen and oxygen atoms in total. The third-order valence-corrected chi connectivity index (χ3v) is 3.46. The van der Waals surface area contributed by atoms with Gasteiger partial charge in [0.2, 0.25) is 0 Å². The Morgan fingerprint density at radius 1 is 1.21 bits per heavy atom. The Hall–Kier alpha value is -1.02. The molecule has 0 aromatic heterocycles. The first-order valence-electron chi connectivity index (χ1n) is 7.04. The number of ether oxygens (including phenoxy) is 1. The van der Waals surface area contributed by atoms with Gasteiger partial charge in [0, 0.05) is 5.02 Å². The van der Waals surface area contributed by atoms with Crippen molar-refractivity contribution in [3.8, 4) is 0 Å². The number of carbonyl (C=O) groups excluding carboxylic acids is 1. The molecule has 1 aromatic rings. The van der Waals surface area contributed by atoms with Crippen molar-refractivity contribution in [3.05, 3.63) is 34.9 Å². The van der Waals surface area contributed by atoms with Gasteiger partial charge in [-0.25, -0.2) is 0 Å². The zero-order chi connectivity index (χ0) is 14.1. The SMILES string of the molecule is CCOC(=O)C(C)CCCCCc1ccc(Cl)cc1. The van der Waals surface area contributed by atoms with Crippen LogP contribution in [0.5, 0.6) is 0 Å². The highest BCUT2D eigenvalue weighted by Gasteiger charge is 2.12. The van der Waals surface area contributed by atoms with Gasteiger partial charge in [-0.3, -0.25) is 4.79 Å². The van der Waals surface area contributed by atoms with Crippen molar-refractivity contribution in [1.82, 2.24) is 0 Å². The van der Waals surface area contributed by atoms with E-state index in [0.29, 0.717) is 6.61 Å². The number of carbonyl (C=O) groups is 1. The van der Waals surface area contributed by atoms with Crippen LogP contribution in [-0.4, -0.2) is 12.6 Å². The molecule has 106 valence electrons. The molecule has 1 atom stereocenters. The Balaban J connectivity index is 2.11. The zero-order valence-corrected chi connectivity index (χ0v) is 12.6. The van der Waals surface area contributed by atoms with Crippen molar-refractivity contribution < 1.29 is 9.53 Å². The highest BCUT2D eigenvalue weighted by Crippen LogP contribution is 2.15. The Morgan fingerprint density at radius 2 is 1.89 bits per heavy atom. The number of aryl methyl sites for hydroxylation is 1. The van der Waals surface area contributed by atoms with Crippen LogP contribution in [0.3, 0.4) is 0 Å². The molecule has 1 rings (SSSR count). The van der Waals surface area contributed by atoms with E-state index in [9.17, 15) is 4.79 Å². The topological polar surface area (TPSA) is 26.3 Å². The van der Waals surface area contributed by atoms with E-state index in [2.05, 4.69) is 12.1 Å². The summed E-state index contributed by atoms with van der Waals surface area (Å²) in [7, 11) is 0. The lowest BCUT2D eigenvalue weighted by Gasteiger charge is -2.09. The molecule has 0 spiro atoms. The van der Waals surface area contributed by atoms with E-state index >= 15 is 0 Å². The number of esters is 1. The molecule has 0 fully saturated rings. The second-order valence-electron chi connectivity index (χ2n) is 4.88. The summed E-state index contributed by atoms with van der Waals surface area (Å²) in [6, 6.07) is 8.01. The molecule has 0 amide bonds. The molecular formula is C16H23ClO2. The summed E-state index contributed by atoms with van der Waals surface area (Å²) in [5.74, 6) is -0.0457. The third kappa shape index (κ3) is 6.63. The standard InChI is InChI=1S/C16H23ClO2/c1-3-19-16(18)13(2)7-5-4-6-8-14-9-11-15(17)12-10-14/h9-13H,3-8H2,1-2H3. The van der Waals surface area contributed by atoms with Gasteiger partial charge in [0.1, 0.15) is 0 Å². The van der Waals surface area contributed by atoms with Gasteiger partial charge in [-0.05, 0) is 43.9 Å². The molecule has 19 heavy (non-hydrogen) atoms. The van der Waals surface area contributed by atoms with Crippen LogP contribution in [0.15, 0.2) is 24.3 Å². The van der Waals surface area contributed by atoms with Crippen LogP contribution in [0, 0.1) is 5.92 Å². The van der Waals surface area contributed by atoms with Crippen molar-refractivity contribution in [3.63, 3.8) is 0 Å². The lowest BCUT2D eigenvalue weighted by Crippen LogP contribution is -2.14. The maximum Gasteiger partial charge on any atom is 0.308 e. The molecule has 0 radical (unpaired) electrons. The van der Waals surface area contributed by atoms with E-state index in [1.807, 2.05) is 26.0 Å². The van der Waals surface area contributed by atoms with E-state index in [4.69, 9.17) is 16.3 Å². The summed E-state index contributed by atoms with van der Waals surface area (Å²) < 4.78 is 4.99. The minimum absolute atomic E-state index is 0.0236. The first-order valence-corrected chi connectivity index (χ1v) is 7.42. The van der Waals surface area contributed by atoms with Crippen LogP contribution in [0.25, 0.3) is 0 Å². The summed E-state index contributed by atoms with van der Waals surface area (Å²) in [6.45, 7) is 4.26. The Labute approximate surface area is 121 Å². The van der Waals surface area contributed by atoms with Crippen molar-refractivity contribution in [2.75, 3.05) is 6.61 Å². The average Bonchev–Trinajstić information content (AvgIpc) is 2.40. The summed E-state index contributed by atoms with van der Waals surface area (Å²) >= 11 is 5.84. The Morgan fingerprint density at radius 3 is 2.53 bits per heavy atom. The van der Waals surface area contributed by atoms with Gasteiger partial charge >= 0.3 is 5.97 Å². The Bertz CT molecular complexity index is 373. The summed E-state index contributed by atoms with van der Waals surface area (Å²) in [5.41, 5.74) is 1.32. The lowest BCUT2D eigenvalue weighted by molar-refractivity contribution is -0.147. The molecule has 0 saturated heterocycles. The average molecular weight is 283 g/mol. The van der Waals surface area contributed by atoms with E-state index in [-0.39, 0.29) is 11.9 Å². The van der Waals surface area contributed by atoms with Crippen molar-refractivity contribution in [2.24, 2.45) is 5.92 Å². The molecule has 0 aliphatic carbocycles. The van der Waals surface area contributed by atoms with Crippen molar-refractivity contribution >= 4 is 17.6 Å². The van der Waals surface area contributed by atoms with Crippen LogP contribution in [0.4, 0.5) is 0 Å². The number of hydrogen-bond acceptors (Lipinski definition) is 2. The summed E-state index contributed by atoms with van der Waals surface area (Å²) in [6.07, 6.45) is 5.36. The molecule has 3 heteroatoms. The molecule has 0 aliphatic heterocycles. The number of benzene rings is 1. The maximum absolute atomic E-state index is 11.4. The van der Waals surface area contributed by atoms with E-state index in [1.165, 1.54) is 5.56 Å². The van der Waals surface area contributed by atoms with Crippen LogP contribution >= 0.6 is 11.6 Å². The second kappa shape index (κ2) is 8.98. The maximum atomic E-state index is 11.4. The predicted octanol–water partition coefficient (Wildman–Crippen LogP) is 4.64. The van der Waals surface area contributed by atoms with Crippen LogP contribution in [0.1, 0.15) is 45.1 Å². The van der Waals surface area contributed by atoms with Crippen molar-refractivity contribution in [2.45, 2.75) is 46.0 Å². The van der Waals surface area contributed by atoms with Crippen LogP contribution in [-0.2, 0) is 16.0 Å². The largest absolute Gasteiger partial charge is 0.466 e. The molecule has 1 aromatic carbocycles. The number of halogens is 1. The quantitative estimate of drug-likeness (QED) is 0.513. The van der Waals surface area contributed by atoms with Gasteiger partial charge in [0.25, 0.3) is 0 Å². The minimum atomic E-state index is -0.0693. The van der Waals surface area contributed by atoms with E-state index in [0.717, 1.165) is 37.1 Å². The van der Waals surface area contributed by atoms with Crippen molar-refractivity contribution in [1.29, 1.82) is 0 Å². The van der Waals surface area contributed by atoms with Gasteiger partial charge in [0.15, 0.2) is 0 Å². The first kappa shape index (κ1) is 16.0. The fourth-order valence-corrected chi connectivity index (χ4v) is 2.14. The third-order valence-electron chi connectivity index (χ3n) is 3.20. The lowest BCUT2D eigenvalue weighted by atomic mass is 10.0. The number of hydrogen-bond donors (Lipinski definition) is 0. The van der Waals surface area contributed by atoms with Crippen LogP contribution < -0.4 is 0 Å². The highest BCUT2D eigenvalue weighted by molar-refractivity contribution is 6.30. The van der Waals surface area contributed by atoms with Gasteiger partial charge < -0.3 is 4.74 Å². The number of rotatable bonds is 8. The minimum Gasteiger partial charge on any atom is -0.466 e. The van der Waals surface area contributed by atoms with Gasteiger partial charge in [-0.2, -0.15) is 0 Å². The molecule has 0 saturated carbocycles. The first-order chi connectivity index (χ1) is 9.13. The van der Waals surface area contributed by atoms with Gasteiger partial charge in [-0.1, -0.05) is 43.5 Å². The summed E-state index contributed by atoms with van der Waals surface area (Å²) in [4.78, 5) is 11.4. The van der Waals surface area contributed by atoms with Gasteiger partial charge in [-0.15, -0.1) is 0 Å². The zero-order valence-electron chi connectivity index (χ0n) is 11.8. The second-order valence-corrected chi connectivity index (χ2v) is 5.32. The fourth-order valence-electron chi connectivity index (χ4n) is 2.01. The molecule has 0 bridgehead atoms. The molecule has 0 N–H and O–H groups in total. The monoisotopic (exact) mass is 282 g/mol. The van der Waals surface area contributed by atoms with E-state index in [1.54, 1.807) is 0 Å². The predicted molar refractivity (Wildman–Crippen MR) is 79.4 cm³/mol. The summed E-state index contributed by atoms with van der Waals surface area (Å²) in [5, 5.41) is 0.784. The highest BCUT2D eigenvalue weighted by atomic mass is 35.5.